The molecular weight excluding hydrogens is 270 g/mol. The molecule has 0 unspecified atom stereocenters. The minimum atomic E-state index is 0.283. The van der Waals surface area contributed by atoms with E-state index in [4.69, 9.17) is 17.0 Å². The third-order valence-corrected chi connectivity index (χ3v) is 3.27. The second-order valence-electron chi connectivity index (χ2n) is 4.27. The summed E-state index contributed by atoms with van der Waals surface area (Å²) < 4.78 is 4.93. The number of nitrogens with zero attached hydrogens (tertiary/aromatic N) is 1. The number of hydrogen-bond acceptors (Lipinski definition) is 3. The lowest BCUT2D eigenvalue weighted by atomic mass is 10.0. The number of anilines is 1. The van der Waals surface area contributed by atoms with Crippen LogP contribution in [0, 0.1) is 0 Å². The van der Waals surface area contributed by atoms with Crippen LogP contribution in [0.25, 0.3) is 22.2 Å². The van der Waals surface area contributed by atoms with Crippen molar-refractivity contribution in [2.45, 2.75) is 0 Å². The van der Waals surface area contributed by atoms with Gasteiger partial charge in [0.1, 0.15) is 0 Å². The zero-order chi connectivity index (χ0) is 13.9. The van der Waals surface area contributed by atoms with Gasteiger partial charge in [0.2, 0.25) is 5.95 Å². The SMILES string of the molecule is COC(=S)Nc1nc2c(-c3ccccc3)cccc2[nH]1. The van der Waals surface area contributed by atoms with Crippen LogP contribution in [0.3, 0.4) is 0 Å². The number of benzene rings is 2. The summed E-state index contributed by atoms with van der Waals surface area (Å²) in [6.45, 7) is 0. The molecule has 4 nitrogen and oxygen atoms in total. The lowest BCUT2D eigenvalue weighted by Crippen LogP contribution is -2.11. The Labute approximate surface area is 121 Å². The third-order valence-electron chi connectivity index (χ3n) is 3.00. The number of thiocarbonyl (C=S) groups is 1. The molecule has 0 amide bonds. The van der Waals surface area contributed by atoms with Gasteiger partial charge in [-0.1, -0.05) is 42.5 Å². The topological polar surface area (TPSA) is 49.9 Å². The predicted molar refractivity (Wildman–Crippen MR) is 84.8 cm³/mol. The molecule has 0 radical (unpaired) electrons. The Hall–Kier alpha value is -2.40. The Morgan fingerprint density at radius 2 is 1.95 bits per heavy atom. The number of para-hydroxylation sites is 1. The number of rotatable bonds is 2. The third kappa shape index (κ3) is 2.35. The summed E-state index contributed by atoms with van der Waals surface area (Å²) in [5.41, 5.74) is 4.06. The summed E-state index contributed by atoms with van der Waals surface area (Å²) >= 11 is 4.97. The summed E-state index contributed by atoms with van der Waals surface area (Å²) in [5, 5.41) is 3.18. The smallest absolute Gasteiger partial charge is 0.263 e. The summed E-state index contributed by atoms with van der Waals surface area (Å²) in [6, 6.07) is 16.2. The van der Waals surface area contributed by atoms with Crippen LogP contribution in [0.5, 0.6) is 0 Å². The van der Waals surface area contributed by atoms with E-state index in [1.807, 2.05) is 30.3 Å². The predicted octanol–water partition coefficient (Wildman–Crippen LogP) is 3.57. The largest absolute Gasteiger partial charge is 0.474 e. The lowest BCUT2D eigenvalue weighted by molar-refractivity contribution is 0.413. The normalized spacial score (nSPS) is 10.4. The molecule has 0 saturated carbocycles. The van der Waals surface area contributed by atoms with Gasteiger partial charge in [-0.05, 0) is 23.8 Å². The van der Waals surface area contributed by atoms with Gasteiger partial charge in [0.15, 0.2) is 0 Å². The van der Waals surface area contributed by atoms with Gasteiger partial charge in [-0.25, -0.2) is 4.98 Å². The maximum Gasteiger partial charge on any atom is 0.263 e. The fourth-order valence-corrected chi connectivity index (χ4v) is 2.19. The fourth-order valence-electron chi connectivity index (χ4n) is 2.09. The monoisotopic (exact) mass is 283 g/mol. The molecule has 100 valence electrons. The van der Waals surface area contributed by atoms with Crippen LogP contribution in [-0.4, -0.2) is 22.3 Å². The van der Waals surface area contributed by atoms with E-state index in [9.17, 15) is 0 Å². The Morgan fingerprint density at radius 3 is 2.70 bits per heavy atom. The maximum absolute atomic E-state index is 4.97. The highest BCUT2D eigenvalue weighted by atomic mass is 32.1. The molecule has 20 heavy (non-hydrogen) atoms. The van der Waals surface area contributed by atoms with Gasteiger partial charge in [-0.3, -0.25) is 5.32 Å². The molecule has 3 rings (SSSR count). The number of aromatic amines is 1. The van der Waals surface area contributed by atoms with E-state index >= 15 is 0 Å². The van der Waals surface area contributed by atoms with Crippen molar-refractivity contribution >= 4 is 34.4 Å². The summed E-state index contributed by atoms with van der Waals surface area (Å²) in [4.78, 5) is 7.72. The Kier molecular flexibility index (Phi) is 3.35. The van der Waals surface area contributed by atoms with Crippen molar-refractivity contribution in [2.75, 3.05) is 12.4 Å². The van der Waals surface area contributed by atoms with Crippen LogP contribution in [0.1, 0.15) is 0 Å². The minimum absolute atomic E-state index is 0.283. The van der Waals surface area contributed by atoms with Gasteiger partial charge >= 0.3 is 0 Å². The van der Waals surface area contributed by atoms with Crippen LogP contribution in [0.15, 0.2) is 48.5 Å². The Morgan fingerprint density at radius 1 is 1.15 bits per heavy atom. The van der Waals surface area contributed by atoms with Crippen molar-refractivity contribution < 1.29 is 4.74 Å². The van der Waals surface area contributed by atoms with Gasteiger partial charge in [-0.15, -0.1) is 0 Å². The fraction of sp³-hybridized carbons (Fsp3) is 0.0667. The first-order chi connectivity index (χ1) is 9.78. The molecule has 1 aromatic heterocycles. The minimum Gasteiger partial charge on any atom is -0.474 e. The molecule has 0 spiro atoms. The van der Waals surface area contributed by atoms with Crippen LogP contribution in [-0.2, 0) is 4.74 Å². The number of aromatic nitrogens is 2. The molecule has 0 atom stereocenters. The number of nitrogens with one attached hydrogen (secondary N) is 2. The number of fused-ring (bicyclic) bond motifs is 1. The van der Waals surface area contributed by atoms with Crippen LogP contribution < -0.4 is 5.32 Å². The maximum atomic E-state index is 4.97. The molecule has 0 fully saturated rings. The van der Waals surface area contributed by atoms with Gasteiger partial charge in [0.05, 0.1) is 18.1 Å². The molecule has 2 N–H and O–H groups in total. The number of imidazole rings is 1. The summed E-state index contributed by atoms with van der Waals surface area (Å²) in [7, 11) is 1.52. The first kappa shape index (κ1) is 12.6. The van der Waals surface area contributed by atoms with E-state index in [0.717, 1.165) is 22.2 Å². The zero-order valence-corrected chi connectivity index (χ0v) is 11.7. The van der Waals surface area contributed by atoms with Crippen molar-refractivity contribution in [1.82, 2.24) is 9.97 Å². The van der Waals surface area contributed by atoms with Crippen molar-refractivity contribution in [1.29, 1.82) is 0 Å². The molecule has 5 heteroatoms. The highest BCUT2D eigenvalue weighted by Crippen LogP contribution is 2.27. The zero-order valence-electron chi connectivity index (χ0n) is 10.9. The molecule has 0 saturated heterocycles. The highest BCUT2D eigenvalue weighted by molar-refractivity contribution is 7.80. The van der Waals surface area contributed by atoms with E-state index < -0.39 is 0 Å². The molecule has 2 aromatic carbocycles. The molecule has 0 bridgehead atoms. The molecule has 0 aliphatic rings. The van der Waals surface area contributed by atoms with Crippen LogP contribution >= 0.6 is 12.2 Å². The summed E-state index contributed by atoms with van der Waals surface area (Å²) in [6.07, 6.45) is 0. The number of ether oxygens (including phenoxy) is 1. The van der Waals surface area contributed by atoms with Crippen molar-refractivity contribution in [3.05, 3.63) is 48.5 Å². The number of hydrogen-bond donors (Lipinski definition) is 2. The molecule has 1 heterocycles. The molecular formula is C15H13N3OS. The molecule has 3 aromatic rings. The van der Waals surface area contributed by atoms with E-state index in [2.05, 4.69) is 33.5 Å². The van der Waals surface area contributed by atoms with Gasteiger partial charge < -0.3 is 9.72 Å². The Bertz CT molecular complexity index is 752. The van der Waals surface area contributed by atoms with E-state index in [1.165, 1.54) is 7.11 Å². The Balaban J connectivity index is 2.08. The standard InChI is InChI=1S/C15H13N3OS/c1-19-15(20)18-14-16-12-9-5-8-11(13(12)17-14)10-6-3-2-4-7-10/h2-9H,1H3,(H2,16,17,18,20). The lowest BCUT2D eigenvalue weighted by Gasteiger charge is -2.02. The van der Waals surface area contributed by atoms with Crippen LogP contribution in [0.2, 0.25) is 0 Å². The highest BCUT2D eigenvalue weighted by Gasteiger charge is 2.09. The van der Waals surface area contributed by atoms with Gasteiger partial charge in [0, 0.05) is 5.56 Å². The van der Waals surface area contributed by atoms with Crippen LogP contribution in [0.4, 0.5) is 5.95 Å². The van der Waals surface area contributed by atoms with Crippen molar-refractivity contribution in [3.63, 3.8) is 0 Å². The first-order valence-corrected chi connectivity index (χ1v) is 6.58. The average molecular weight is 283 g/mol. The van der Waals surface area contributed by atoms with E-state index in [0.29, 0.717) is 5.95 Å². The second kappa shape index (κ2) is 5.30. The van der Waals surface area contributed by atoms with Gasteiger partial charge in [-0.2, -0.15) is 0 Å². The van der Waals surface area contributed by atoms with Crippen molar-refractivity contribution in [3.8, 4) is 11.1 Å². The quantitative estimate of drug-likeness (QED) is 0.706. The van der Waals surface area contributed by atoms with Crippen molar-refractivity contribution in [2.24, 2.45) is 0 Å². The number of methoxy groups -OCH3 is 1. The van der Waals surface area contributed by atoms with E-state index in [-0.39, 0.29) is 5.17 Å². The summed E-state index contributed by atoms with van der Waals surface area (Å²) in [5.74, 6) is 0.579. The van der Waals surface area contributed by atoms with Gasteiger partial charge in [0.25, 0.3) is 5.17 Å². The van der Waals surface area contributed by atoms with E-state index in [1.54, 1.807) is 0 Å². The molecule has 0 aliphatic heterocycles. The molecule has 0 aliphatic carbocycles. The second-order valence-corrected chi connectivity index (χ2v) is 4.64. The first-order valence-electron chi connectivity index (χ1n) is 6.17. The number of H-pyrrole nitrogens is 1. The average Bonchev–Trinajstić information content (AvgIpc) is 2.90.